The van der Waals surface area contributed by atoms with Crippen LogP contribution in [-0.4, -0.2) is 22.4 Å². The van der Waals surface area contributed by atoms with Gasteiger partial charge in [-0.25, -0.2) is 0 Å². The van der Waals surface area contributed by atoms with Crippen LogP contribution in [0.3, 0.4) is 0 Å². The molecule has 2 N–H and O–H groups in total. The molecule has 0 radical (unpaired) electrons. The lowest BCUT2D eigenvalue weighted by Crippen LogP contribution is -2.37. The van der Waals surface area contributed by atoms with Crippen LogP contribution in [0.15, 0.2) is 0 Å². The Morgan fingerprint density at radius 1 is 0.909 bits per heavy atom. The largest absolute Gasteiger partial charge is 0.392 e. The van der Waals surface area contributed by atoms with Gasteiger partial charge in [0.05, 0.1) is 12.2 Å². The second kappa shape index (κ2) is 2.46. The normalized spacial score (nSPS) is 42.0. The van der Waals surface area contributed by atoms with Crippen molar-refractivity contribution in [3.63, 3.8) is 0 Å². The molecular formula is C9H16O2. The maximum atomic E-state index is 9.69. The number of hydrogen-bond donors (Lipinski definition) is 2. The van der Waals surface area contributed by atoms with Gasteiger partial charge in [-0.1, -0.05) is 12.8 Å². The lowest BCUT2D eigenvalue weighted by molar-refractivity contribution is -0.0299. The zero-order valence-electron chi connectivity index (χ0n) is 6.79. The van der Waals surface area contributed by atoms with E-state index in [0.29, 0.717) is 0 Å². The molecule has 2 aliphatic carbocycles. The van der Waals surface area contributed by atoms with Crippen LogP contribution in [0.25, 0.3) is 0 Å². The molecule has 0 saturated heterocycles. The molecule has 0 aromatic rings. The molecule has 11 heavy (non-hydrogen) atoms. The molecule has 0 aromatic carbocycles. The zero-order valence-corrected chi connectivity index (χ0v) is 6.79. The minimum Gasteiger partial charge on any atom is -0.392 e. The van der Waals surface area contributed by atoms with Crippen LogP contribution in [0.1, 0.15) is 38.5 Å². The van der Waals surface area contributed by atoms with Gasteiger partial charge in [0.25, 0.3) is 0 Å². The van der Waals surface area contributed by atoms with E-state index in [9.17, 15) is 10.2 Å². The van der Waals surface area contributed by atoms with Crippen LogP contribution in [-0.2, 0) is 0 Å². The molecule has 2 atom stereocenters. The molecule has 0 bridgehead atoms. The van der Waals surface area contributed by atoms with Crippen molar-refractivity contribution in [1.29, 1.82) is 0 Å². The number of rotatable bonds is 0. The molecule has 2 aliphatic rings. The van der Waals surface area contributed by atoms with Crippen molar-refractivity contribution < 1.29 is 10.2 Å². The van der Waals surface area contributed by atoms with Gasteiger partial charge < -0.3 is 10.2 Å². The van der Waals surface area contributed by atoms with E-state index in [1.165, 1.54) is 0 Å². The third-order valence-corrected chi connectivity index (χ3v) is 3.57. The molecule has 0 aromatic heterocycles. The summed E-state index contributed by atoms with van der Waals surface area (Å²) in [6, 6.07) is 0. The van der Waals surface area contributed by atoms with Gasteiger partial charge in [-0.05, 0) is 25.7 Å². The Labute approximate surface area is 67.2 Å². The summed E-state index contributed by atoms with van der Waals surface area (Å²) in [5.41, 5.74) is -0.0833. The summed E-state index contributed by atoms with van der Waals surface area (Å²) in [4.78, 5) is 0. The Kier molecular flexibility index (Phi) is 1.69. The molecule has 64 valence electrons. The molecule has 0 heterocycles. The van der Waals surface area contributed by atoms with E-state index in [1.807, 2.05) is 0 Å². The fourth-order valence-corrected chi connectivity index (χ4v) is 2.84. The summed E-state index contributed by atoms with van der Waals surface area (Å²) >= 11 is 0. The van der Waals surface area contributed by atoms with Crippen molar-refractivity contribution in [2.45, 2.75) is 50.7 Å². The summed E-state index contributed by atoms with van der Waals surface area (Å²) in [7, 11) is 0. The van der Waals surface area contributed by atoms with Gasteiger partial charge in [0.15, 0.2) is 0 Å². The molecule has 2 heteroatoms. The van der Waals surface area contributed by atoms with Gasteiger partial charge in [-0.15, -0.1) is 0 Å². The Balaban J connectivity index is 2.19. The third-order valence-electron chi connectivity index (χ3n) is 3.57. The smallest absolute Gasteiger partial charge is 0.0621 e. The van der Waals surface area contributed by atoms with Crippen molar-refractivity contribution in [3.05, 3.63) is 0 Å². The Hall–Kier alpha value is -0.0800. The Morgan fingerprint density at radius 2 is 1.36 bits per heavy atom. The highest BCUT2D eigenvalue weighted by Gasteiger charge is 2.49. The summed E-state index contributed by atoms with van der Waals surface area (Å²) in [5, 5.41) is 19.4. The topological polar surface area (TPSA) is 40.5 Å². The molecular weight excluding hydrogens is 140 g/mol. The van der Waals surface area contributed by atoms with Gasteiger partial charge in [0, 0.05) is 5.41 Å². The highest BCUT2D eigenvalue weighted by Crippen LogP contribution is 2.50. The van der Waals surface area contributed by atoms with Crippen LogP contribution < -0.4 is 0 Å². The molecule has 0 amide bonds. The maximum absolute atomic E-state index is 9.69. The summed E-state index contributed by atoms with van der Waals surface area (Å²) in [6.07, 6.45) is 5.62. The number of aliphatic hydroxyl groups excluding tert-OH is 2. The van der Waals surface area contributed by atoms with Crippen LogP contribution >= 0.6 is 0 Å². The van der Waals surface area contributed by atoms with Gasteiger partial charge in [-0.3, -0.25) is 0 Å². The van der Waals surface area contributed by atoms with Crippen LogP contribution in [0.2, 0.25) is 0 Å². The highest BCUT2D eigenvalue weighted by molar-refractivity contribution is 5.00. The zero-order chi connectivity index (χ0) is 7.90. The van der Waals surface area contributed by atoms with Crippen molar-refractivity contribution in [2.75, 3.05) is 0 Å². The van der Waals surface area contributed by atoms with E-state index in [2.05, 4.69) is 0 Å². The molecule has 0 aliphatic heterocycles. The molecule has 0 unspecified atom stereocenters. The van der Waals surface area contributed by atoms with E-state index >= 15 is 0 Å². The second-order valence-corrected chi connectivity index (χ2v) is 4.05. The number of hydrogen-bond acceptors (Lipinski definition) is 2. The third kappa shape index (κ3) is 0.926. The monoisotopic (exact) mass is 156 g/mol. The van der Waals surface area contributed by atoms with Crippen molar-refractivity contribution in [1.82, 2.24) is 0 Å². The fraction of sp³-hybridized carbons (Fsp3) is 1.00. The van der Waals surface area contributed by atoms with Crippen molar-refractivity contribution in [2.24, 2.45) is 5.41 Å². The predicted octanol–water partition coefficient (Wildman–Crippen LogP) is 1.06. The van der Waals surface area contributed by atoms with Gasteiger partial charge in [0.2, 0.25) is 0 Å². The molecule has 2 fully saturated rings. The quantitative estimate of drug-likeness (QED) is 0.550. The molecule has 1 spiro atoms. The molecule has 2 nitrogen and oxygen atoms in total. The first kappa shape index (κ1) is 7.56. The lowest BCUT2D eigenvalue weighted by atomic mass is 9.80. The second-order valence-electron chi connectivity index (χ2n) is 4.05. The standard InChI is InChI=1S/C9H16O2/c10-7-3-1-5-9(7)6-2-4-8(9)11/h7-8,10-11H,1-6H2/t7-,8-,9?/m1/s1. The first-order valence-electron chi connectivity index (χ1n) is 4.62. The van der Waals surface area contributed by atoms with E-state index in [0.717, 1.165) is 38.5 Å². The van der Waals surface area contributed by atoms with Crippen molar-refractivity contribution in [3.8, 4) is 0 Å². The average molecular weight is 156 g/mol. The molecule has 2 rings (SSSR count). The van der Waals surface area contributed by atoms with Crippen LogP contribution in [0, 0.1) is 5.41 Å². The average Bonchev–Trinajstić information content (AvgIpc) is 2.48. The maximum Gasteiger partial charge on any atom is 0.0621 e. The molecule has 2 saturated carbocycles. The lowest BCUT2D eigenvalue weighted by Gasteiger charge is -2.31. The van der Waals surface area contributed by atoms with Gasteiger partial charge >= 0.3 is 0 Å². The van der Waals surface area contributed by atoms with E-state index < -0.39 is 0 Å². The van der Waals surface area contributed by atoms with E-state index in [1.54, 1.807) is 0 Å². The minimum absolute atomic E-state index is 0.0833. The van der Waals surface area contributed by atoms with E-state index in [-0.39, 0.29) is 17.6 Å². The Morgan fingerprint density at radius 3 is 1.64 bits per heavy atom. The minimum atomic E-state index is -0.222. The van der Waals surface area contributed by atoms with Crippen LogP contribution in [0.4, 0.5) is 0 Å². The predicted molar refractivity (Wildman–Crippen MR) is 42.1 cm³/mol. The highest BCUT2D eigenvalue weighted by atomic mass is 16.3. The Bertz CT molecular complexity index is 138. The first-order valence-corrected chi connectivity index (χ1v) is 4.62. The summed E-state index contributed by atoms with van der Waals surface area (Å²) < 4.78 is 0. The SMILES string of the molecule is O[C@@H]1CCCC12CCC[C@H]2O. The van der Waals surface area contributed by atoms with Gasteiger partial charge in [0.1, 0.15) is 0 Å². The first-order chi connectivity index (χ1) is 5.26. The van der Waals surface area contributed by atoms with Gasteiger partial charge in [-0.2, -0.15) is 0 Å². The fourth-order valence-electron chi connectivity index (χ4n) is 2.84. The van der Waals surface area contributed by atoms with Crippen molar-refractivity contribution >= 4 is 0 Å². The number of aliphatic hydroxyl groups is 2. The van der Waals surface area contributed by atoms with E-state index in [4.69, 9.17) is 0 Å². The summed E-state index contributed by atoms with van der Waals surface area (Å²) in [6.45, 7) is 0. The summed E-state index contributed by atoms with van der Waals surface area (Å²) in [5.74, 6) is 0. The van der Waals surface area contributed by atoms with Crippen LogP contribution in [0.5, 0.6) is 0 Å².